The van der Waals surface area contributed by atoms with E-state index in [9.17, 15) is 5.11 Å². The largest absolute Gasteiger partial charge is 0.508 e. The number of hydrogen-bond donors (Lipinski definition) is 2. The number of methoxy groups -OCH3 is 1. The lowest BCUT2D eigenvalue weighted by Gasteiger charge is -2.17. The van der Waals surface area contributed by atoms with Gasteiger partial charge in [-0.25, -0.2) is 0 Å². The van der Waals surface area contributed by atoms with Crippen molar-refractivity contribution in [3.8, 4) is 5.75 Å². The van der Waals surface area contributed by atoms with Crippen molar-refractivity contribution in [2.45, 2.75) is 25.8 Å². The molecule has 0 aliphatic carbocycles. The van der Waals surface area contributed by atoms with Gasteiger partial charge >= 0.3 is 0 Å². The fraction of sp³-hybridized carbons (Fsp3) is 0.538. The zero-order valence-corrected chi connectivity index (χ0v) is 10.1. The molecule has 1 aromatic carbocycles. The van der Waals surface area contributed by atoms with Crippen LogP contribution < -0.4 is 5.32 Å². The summed E-state index contributed by atoms with van der Waals surface area (Å²) in [5.74, 6) is 0.333. The van der Waals surface area contributed by atoms with E-state index >= 15 is 0 Å². The van der Waals surface area contributed by atoms with Crippen LogP contribution in [0.3, 0.4) is 0 Å². The summed E-state index contributed by atoms with van der Waals surface area (Å²) < 4.78 is 5.09. The summed E-state index contributed by atoms with van der Waals surface area (Å²) in [5, 5.41) is 12.8. The Hall–Kier alpha value is -1.06. The van der Waals surface area contributed by atoms with Crippen LogP contribution in [0.5, 0.6) is 5.75 Å². The highest BCUT2D eigenvalue weighted by Crippen LogP contribution is 2.13. The van der Waals surface area contributed by atoms with E-state index in [-0.39, 0.29) is 0 Å². The third-order valence-corrected chi connectivity index (χ3v) is 2.56. The number of likely N-dealkylation sites (N-methyl/N-ethyl adjacent to an activating group) is 1. The van der Waals surface area contributed by atoms with Crippen molar-refractivity contribution in [1.82, 2.24) is 5.32 Å². The molecule has 0 aliphatic rings. The maximum Gasteiger partial charge on any atom is 0.115 e. The van der Waals surface area contributed by atoms with Crippen LogP contribution >= 0.6 is 0 Å². The minimum atomic E-state index is 0.333. The van der Waals surface area contributed by atoms with Crippen LogP contribution in [-0.4, -0.2) is 31.4 Å². The zero-order chi connectivity index (χ0) is 11.8. The smallest absolute Gasteiger partial charge is 0.115 e. The molecule has 3 heteroatoms. The first-order chi connectivity index (χ1) is 7.76. The molecule has 1 rings (SSSR count). The molecule has 0 saturated heterocycles. The van der Waals surface area contributed by atoms with Crippen molar-refractivity contribution in [1.29, 1.82) is 0 Å². The van der Waals surface area contributed by atoms with Crippen LogP contribution in [0, 0.1) is 0 Å². The summed E-state index contributed by atoms with van der Waals surface area (Å²) in [6.07, 6.45) is 1.91. The maximum absolute atomic E-state index is 9.39. The second-order valence-electron chi connectivity index (χ2n) is 3.91. The fourth-order valence-corrected chi connectivity index (χ4v) is 1.79. The lowest BCUT2D eigenvalue weighted by atomic mass is 10.0. The molecule has 0 aliphatic heterocycles. The van der Waals surface area contributed by atoms with Gasteiger partial charge in [0.25, 0.3) is 0 Å². The van der Waals surface area contributed by atoms with Gasteiger partial charge in [-0.05, 0) is 37.1 Å². The van der Waals surface area contributed by atoms with E-state index in [1.807, 2.05) is 18.2 Å². The molecule has 1 aromatic rings. The minimum absolute atomic E-state index is 0.333. The number of nitrogens with one attached hydrogen (secondary N) is 1. The highest BCUT2D eigenvalue weighted by molar-refractivity contribution is 5.27. The van der Waals surface area contributed by atoms with E-state index in [1.165, 1.54) is 0 Å². The Kier molecular flexibility index (Phi) is 5.90. The highest BCUT2D eigenvalue weighted by atomic mass is 16.5. The summed E-state index contributed by atoms with van der Waals surface area (Å²) in [6.45, 7) is 3.81. The van der Waals surface area contributed by atoms with Crippen molar-refractivity contribution >= 4 is 0 Å². The molecular formula is C13H21NO2. The number of rotatable bonds is 7. The fourth-order valence-electron chi connectivity index (χ4n) is 1.79. The highest BCUT2D eigenvalue weighted by Gasteiger charge is 2.08. The molecule has 2 N–H and O–H groups in total. The van der Waals surface area contributed by atoms with Crippen LogP contribution in [0.1, 0.15) is 18.9 Å². The third-order valence-electron chi connectivity index (χ3n) is 2.56. The Balaban J connectivity index is 2.52. The maximum atomic E-state index is 9.39. The van der Waals surface area contributed by atoms with Gasteiger partial charge < -0.3 is 15.2 Å². The van der Waals surface area contributed by atoms with Gasteiger partial charge in [0.1, 0.15) is 5.75 Å². The molecule has 3 nitrogen and oxygen atoms in total. The van der Waals surface area contributed by atoms with Gasteiger partial charge in [0.05, 0.1) is 0 Å². The number of aromatic hydroxyl groups is 1. The Morgan fingerprint density at radius 1 is 1.44 bits per heavy atom. The predicted molar refractivity (Wildman–Crippen MR) is 65.8 cm³/mol. The number of hydrogen-bond acceptors (Lipinski definition) is 3. The summed E-state index contributed by atoms with van der Waals surface area (Å²) in [5.41, 5.74) is 1.15. The predicted octanol–water partition coefficient (Wildman–Crippen LogP) is 1.95. The van der Waals surface area contributed by atoms with Crippen LogP contribution in [0.2, 0.25) is 0 Å². The van der Waals surface area contributed by atoms with E-state index in [4.69, 9.17) is 4.74 Å². The minimum Gasteiger partial charge on any atom is -0.508 e. The number of benzene rings is 1. The van der Waals surface area contributed by atoms with Gasteiger partial charge in [-0.3, -0.25) is 0 Å². The van der Waals surface area contributed by atoms with E-state index in [0.29, 0.717) is 11.8 Å². The number of phenols is 1. The molecule has 0 fully saturated rings. The molecule has 1 unspecified atom stereocenters. The van der Waals surface area contributed by atoms with Crippen molar-refractivity contribution in [2.75, 3.05) is 20.3 Å². The van der Waals surface area contributed by atoms with Crippen LogP contribution in [0.15, 0.2) is 24.3 Å². The summed E-state index contributed by atoms with van der Waals surface area (Å²) in [4.78, 5) is 0. The van der Waals surface area contributed by atoms with Gasteiger partial charge in [0.2, 0.25) is 0 Å². The lowest BCUT2D eigenvalue weighted by molar-refractivity contribution is 0.183. The Labute approximate surface area is 97.4 Å². The Bertz CT molecular complexity index is 302. The SMILES string of the molecule is CCNC(CCOC)Cc1cccc(O)c1. The second kappa shape index (κ2) is 7.25. The summed E-state index contributed by atoms with van der Waals surface area (Å²) in [7, 11) is 1.72. The molecule has 0 heterocycles. The van der Waals surface area contributed by atoms with Crippen molar-refractivity contribution in [2.24, 2.45) is 0 Å². The quantitative estimate of drug-likeness (QED) is 0.742. The third kappa shape index (κ3) is 4.64. The van der Waals surface area contributed by atoms with Gasteiger partial charge in [0, 0.05) is 19.8 Å². The van der Waals surface area contributed by atoms with E-state index in [0.717, 1.165) is 31.6 Å². The summed E-state index contributed by atoms with van der Waals surface area (Å²) >= 11 is 0. The van der Waals surface area contributed by atoms with Crippen LogP contribution in [0.4, 0.5) is 0 Å². The molecule has 0 spiro atoms. The molecular weight excluding hydrogens is 202 g/mol. The second-order valence-corrected chi connectivity index (χ2v) is 3.91. The van der Waals surface area contributed by atoms with Crippen molar-refractivity contribution in [3.63, 3.8) is 0 Å². The number of phenolic OH excluding ortho intramolecular Hbond substituents is 1. The molecule has 16 heavy (non-hydrogen) atoms. The average Bonchev–Trinajstić information content (AvgIpc) is 2.26. The molecule has 0 bridgehead atoms. The number of ether oxygens (including phenoxy) is 1. The molecule has 0 saturated carbocycles. The first-order valence-corrected chi connectivity index (χ1v) is 5.76. The van der Waals surface area contributed by atoms with Crippen molar-refractivity contribution < 1.29 is 9.84 Å². The van der Waals surface area contributed by atoms with Gasteiger partial charge in [-0.2, -0.15) is 0 Å². The molecule has 0 aromatic heterocycles. The average molecular weight is 223 g/mol. The van der Waals surface area contributed by atoms with Crippen molar-refractivity contribution in [3.05, 3.63) is 29.8 Å². The van der Waals surface area contributed by atoms with E-state index in [1.54, 1.807) is 13.2 Å². The Morgan fingerprint density at radius 2 is 2.25 bits per heavy atom. The molecule has 1 atom stereocenters. The van der Waals surface area contributed by atoms with E-state index < -0.39 is 0 Å². The normalized spacial score (nSPS) is 12.6. The first-order valence-electron chi connectivity index (χ1n) is 5.76. The lowest BCUT2D eigenvalue weighted by Crippen LogP contribution is -2.32. The molecule has 90 valence electrons. The van der Waals surface area contributed by atoms with Crippen LogP contribution in [-0.2, 0) is 11.2 Å². The monoisotopic (exact) mass is 223 g/mol. The molecule has 0 radical (unpaired) electrons. The zero-order valence-electron chi connectivity index (χ0n) is 10.1. The topological polar surface area (TPSA) is 41.5 Å². The molecule has 0 amide bonds. The van der Waals surface area contributed by atoms with Crippen LogP contribution in [0.25, 0.3) is 0 Å². The van der Waals surface area contributed by atoms with E-state index in [2.05, 4.69) is 12.2 Å². The van der Waals surface area contributed by atoms with Gasteiger partial charge in [0.15, 0.2) is 0 Å². The summed E-state index contributed by atoms with van der Waals surface area (Å²) in [6, 6.07) is 7.84. The standard InChI is InChI=1S/C13H21NO2/c1-3-14-12(7-8-16-2)9-11-5-4-6-13(15)10-11/h4-6,10,12,14-15H,3,7-9H2,1-2H3. The van der Waals surface area contributed by atoms with Gasteiger partial charge in [-0.15, -0.1) is 0 Å². The first kappa shape index (κ1) is 13.0. The Morgan fingerprint density at radius 3 is 2.88 bits per heavy atom. The van der Waals surface area contributed by atoms with Gasteiger partial charge in [-0.1, -0.05) is 19.1 Å².